The number of allylic oxidation sites excluding steroid dienone is 3. The minimum absolute atomic E-state index is 0.00723. The maximum Gasteiger partial charge on any atom is 0.307 e. The lowest BCUT2D eigenvalue weighted by Gasteiger charge is -2.33. The summed E-state index contributed by atoms with van der Waals surface area (Å²) in [6.45, 7) is 3.53. The fourth-order valence-electron chi connectivity index (χ4n) is 3.75. The number of hydrogen-bond acceptors (Lipinski definition) is 5. The zero-order valence-electron chi connectivity index (χ0n) is 12.9. The first-order valence-corrected chi connectivity index (χ1v) is 9.17. The molecule has 0 spiro atoms. The van der Waals surface area contributed by atoms with Gasteiger partial charge in [0.2, 0.25) is 5.91 Å². The summed E-state index contributed by atoms with van der Waals surface area (Å²) in [5.41, 5.74) is -0.517. The molecule has 128 valence electrons. The Labute approximate surface area is 135 Å². The largest absolute Gasteiger partial charge is 0.481 e. The summed E-state index contributed by atoms with van der Waals surface area (Å²) >= 11 is 0. The molecule has 0 aromatic heterocycles. The van der Waals surface area contributed by atoms with E-state index in [9.17, 15) is 23.1 Å². The standard InChI is InChI=1S/C15H21NO6S/c1-3-5-15-6-4-10(9-15)11(14(18)19)12(15)13(17)16-7-8-22-23(2,20)21/h3-4,6,10-12H,1,5,7-9H2,2H3,(H,16,17)(H,18,19). The fraction of sp³-hybridized carbons (Fsp3) is 0.600. The SMILES string of the molecule is C=CCC12C=CC(C1)C(C(=O)O)C2C(=O)NCCOS(C)(=O)=O. The Bertz CT molecular complexity index is 640. The van der Waals surface area contributed by atoms with Crippen LogP contribution in [0.2, 0.25) is 0 Å². The molecule has 23 heavy (non-hydrogen) atoms. The predicted molar refractivity (Wildman–Crippen MR) is 82.9 cm³/mol. The van der Waals surface area contributed by atoms with Gasteiger partial charge in [-0.1, -0.05) is 18.2 Å². The molecule has 0 heterocycles. The molecular weight excluding hydrogens is 322 g/mol. The number of aliphatic carboxylic acids is 1. The maximum absolute atomic E-state index is 12.5. The highest BCUT2D eigenvalue weighted by atomic mass is 32.2. The quantitative estimate of drug-likeness (QED) is 0.378. The van der Waals surface area contributed by atoms with Crippen molar-refractivity contribution in [3.8, 4) is 0 Å². The van der Waals surface area contributed by atoms with Crippen molar-refractivity contribution in [2.45, 2.75) is 12.8 Å². The molecule has 4 unspecified atom stereocenters. The molecule has 2 N–H and O–H groups in total. The van der Waals surface area contributed by atoms with Gasteiger partial charge in [0.25, 0.3) is 10.1 Å². The molecule has 8 heteroatoms. The van der Waals surface area contributed by atoms with Crippen LogP contribution in [0.4, 0.5) is 0 Å². The number of carbonyl (C=O) groups excluding carboxylic acids is 1. The molecule has 0 aromatic rings. The van der Waals surface area contributed by atoms with Crippen LogP contribution in [-0.2, 0) is 23.9 Å². The Morgan fingerprint density at radius 2 is 2.22 bits per heavy atom. The van der Waals surface area contributed by atoms with Crippen LogP contribution < -0.4 is 5.32 Å². The number of rotatable bonds is 8. The van der Waals surface area contributed by atoms with E-state index in [2.05, 4.69) is 16.1 Å². The van der Waals surface area contributed by atoms with Gasteiger partial charge in [-0.3, -0.25) is 13.8 Å². The molecule has 0 aliphatic heterocycles. The van der Waals surface area contributed by atoms with Gasteiger partial charge in [-0.2, -0.15) is 8.42 Å². The van der Waals surface area contributed by atoms with Crippen LogP contribution in [0.1, 0.15) is 12.8 Å². The van der Waals surface area contributed by atoms with Crippen LogP contribution in [0.5, 0.6) is 0 Å². The summed E-state index contributed by atoms with van der Waals surface area (Å²) in [6, 6.07) is 0. The average molecular weight is 343 g/mol. The van der Waals surface area contributed by atoms with Crippen molar-refractivity contribution in [1.82, 2.24) is 5.32 Å². The first-order chi connectivity index (χ1) is 10.7. The highest BCUT2D eigenvalue weighted by molar-refractivity contribution is 7.85. The summed E-state index contributed by atoms with van der Waals surface area (Å²) in [7, 11) is -3.56. The second-order valence-electron chi connectivity index (χ2n) is 6.11. The smallest absolute Gasteiger partial charge is 0.307 e. The van der Waals surface area contributed by atoms with E-state index in [1.165, 1.54) is 0 Å². The van der Waals surface area contributed by atoms with Crippen molar-refractivity contribution in [3.63, 3.8) is 0 Å². The number of fused-ring (bicyclic) bond motifs is 2. The molecular formula is C15H21NO6S. The number of carboxylic acid groups (broad SMARTS) is 1. The van der Waals surface area contributed by atoms with Crippen LogP contribution in [-0.4, -0.2) is 44.8 Å². The molecule has 0 saturated heterocycles. The lowest BCUT2D eigenvalue weighted by atomic mass is 9.71. The molecule has 2 aliphatic rings. The van der Waals surface area contributed by atoms with Crippen molar-refractivity contribution in [1.29, 1.82) is 0 Å². The van der Waals surface area contributed by atoms with Gasteiger partial charge in [-0.15, -0.1) is 6.58 Å². The molecule has 0 aromatic carbocycles. The molecule has 2 rings (SSSR count). The van der Waals surface area contributed by atoms with Crippen molar-refractivity contribution in [2.24, 2.45) is 23.2 Å². The van der Waals surface area contributed by atoms with E-state index in [4.69, 9.17) is 0 Å². The molecule has 1 amide bonds. The summed E-state index contributed by atoms with van der Waals surface area (Å²) in [5, 5.41) is 12.1. The Morgan fingerprint density at radius 3 is 2.78 bits per heavy atom. The molecule has 2 bridgehead atoms. The van der Waals surface area contributed by atoms with Gasteiger partial charge in [0, 0.05) is 12.0 Å². The predicted octanol–water partition coefficient (Wildman–Crippen LogP) is 0.548. The van der Waals surface area contributed by atoms with Crippen LogP contribution in [0.25, 0.3) is 0 Å². The van der Waals surface area contributed by atoms with Gasteiger partial charge in [0.1, 0.15) is 0 Å². The minimum atomic E-state index is -3.56. The van der Waals surface area contributed by atoms with E-state index in [1.807, 2.05) is 12.2 Å². The zero-order chi connectivity index (χ0) is 17.3. The molecule has 7 nitrogen and oxygen atoms in total. The normalized spacial score (nSPS) is 32.0. The van der Waals surface area contributed by atoms with Crippen molar-refractivity contribution in [2.75, 3.05) is 19.4 Å². The van der Waals surface area contributed by atoms with Crippen LogP contribution in [0.3, 0.4) is 0 Å². The molecule has 4 atom stereocenters. The number of carbonyl (C=O) groups is 2. The van der Waals surface area contributed by atoms with E-state index < -0.39 is 33.3 Å². The minimum Gasteiger partial charge on any atom is -0.481 e. The molecule has 1 fully saturated rings. The van der Waals surface area contributed by atoms with Crippen molar-refractivity contribution >= 4 is 22.0 Å². The first kappa shape index (κ1) is 17.7. The number of hydrogen-bond donors (Lipinski definition) is 2. The van der Waals surface area contributed by atoms with Gasteiger partial charge >= 0.3 is 5.97 Å². The number of carboxylic acids is 1. The topological polar surface area (TPSA) is 110 Å². The Balaban J connectivity index is 2.07. The Kier molecular flexibility index (Phi) is 4.95. The Hall–Kier alpha value is -1.67. The second kappa shape index (κ2) is 6.45. The lowest BCUT2D eigenvalue weighted by Crippen LogP contribution is -2.45. The van der Waals surface area contributed by atoms with Gasteiger partial charge in [-0.25, -0.2) is 0 Å². The van der Waals surface area contributed by atoms with E-state index >= 15 is 0 Å². The van der Waals surface area contributed by atoms with E-state index in [1.54, 1.807) is 6.08 Å². The van der Waals surface area contributed by atoms with Crippen LogP contribution in [0, 0.1) is 23.2 Å². The molecule has 1 saturated carbocycles. The maximum atomic E-state index is 12.5. The zero-order valence-corrected chi connectivity index (χ0v) is 13.7. The van der Waals surface area contributed by atoms with E-state index in [-0.39, 0.29) is 25.0 Å². The summed E-state index contributed by atoms with van der Waals surface area (Å²) < 4.78 is 26.3. The van der Waals surface area contributed by atoms with Gasteiger partial charge < -0.3 is 10.4 Å². The third-order valence-electron chi connectivity index (χ3n) is 4.52. The second-order valence-corrected chi connectivity index (χ2v) is 7.76. The van der Waals surface area contributed by atoms with Crippen molar-refractivity contribution < 1.29 is 27.3 Å². The highest BCUT2D eigenvalue weighted by Crippen LogP contribution is 2.58. The third-order valence-corrected chi connectivity index (χ3v) is 5.12. The summed E-state index contributed by atoms with van der Waals surface area (Å²) in [5.74, 6) is -2.99. The van der Waals surface area contributed by atoms with Gasteiger partial charge in [-0.05, 0) is 18.8 Å². The average Bonchev–Trinajstić information content (AvgIpc) is 2.98. The fourth-order valence-corrected chi connectivity index (χ4v) is 4.13. The summed E-state index contributed by atoms with van der Waals surface area (Å²) in [4.78, 5) is 24.1. The number of amides is 1. The number of nitrogens with one attached hydrogen (secondary N) is 1. The highest BCUT2D eigenvalue weighted by Gasteiger charge is 2.59. The lowest BCUT2D eigenvalue weighted by molar-refractivity contribution is -0.148. The monoisotopic (exact) mass is 343 g/mol. The molecule has 2 aliphatic carbocycles. The third kappa shape index (κ3) is 3.64. The van der Waals surface area contributed by atoms with Gasteiger partial charge in [0.15, 0.2) is 0 Å². The molecule has 0 radical (unpaired) electrons. The summed E-state index contributed by atoms with van der Waals surface area (Å²) in [6.07, 6.45) is 7.57. The van der Waals surface area contributed by atoms with E-state index in [0.717, 1.165) is 6.26 Å². The van der Waals surface area contributed by atoms with E-state index in [0.29, 0.717) is 12.8 Å². The van der Waals surface area contributed by atoms with Crippen LogP contribution >= 0.6 is 0 Å². The van der Waals surface area contributed by atoms with Crippen molar-refractivity contribution in [3.05, 3.63) is 24.8 Å². The van der Waals surface area contributed by atoms with Crippen LogP contribution in [0.15, 0.2) is 24.8 Å². The van der Waals surface area contributed by atoms with Gasteiger partial charge in [0.05, 0.1) is 24.7 Å². The first-order valence-electron chi connectivity index (χ1n) is 7.35. The Morgan fingerprint density at radius 1 is 1.52 bits per heavy atom.